The fraction of sp³-hybridized carbons (Fsp3) is 0.216. The summed E-state index contributed by atoms with van der Waals surface area (Å²) < 4.78 is 13.0. The predicted octanol–water partition coefficient (Wildman–Crippen LogP) is 14.7. The number of benzene rings is 6. The van der Waals surface area contributed by atoms with Gasteiger partial charge in [-0.25, -0.2) is 43.0 Å². The van der Waals surface area contributed by atoms with Crippen LogP contribution in [0, 0.1) is 34.6 Å². The summed E-state index contributed by atoms with van der Waals surface area (Å²) in [6.45, 7) is 19.0. The quantitative estimate of drug-likeness (QED) is 0.0306. The van der Waals surface area contributed by atoms with E-state index in [2.05, 4.69) is 71.9 Å². The van der Waals surface area contributed by atoms with Crippen LogP contribution in [0.5, 0.6) is 0 Å². The van der Waals surface area contributed by atoms with Gasteiger partial charge in [0.15, 0.2) is 22.6 Å². The number of amides is 4. The Morgan fingerprint density at radius 1 is 0.421 bits per heavy atom. The van der Waals surface area contributed by atoms with Gasteiger partial charge in [0, 0.05) is 122 Å². The molecule has 0 aliphatic heterocycles. The lowest BCUT2D eigenvalue weighted by Gasteiger charge is -2.23. The van der Waals surface area contributed by atoms with Gasteiger partial charge in [0.2, 0.25) is 0 Å². The van der Waals surface area contributed by atoms with Crippen molar-refractivity contribution < 1.29 is 33.9 Å². The summed E-state index contributed by atoms with van der Waals surface area (Å²) in [5.41, 5.74) is 12.8. The normalized spacial score (nSPS) is 12.1. The van der Waals surface area contributed by atoms with Crippen molar-refractivity contribution in [2.45, 2.75) is 106 Å². The minimum absolute atomic E-state index is 0.00476. The van der Waals surface area contributed by atoms with Gasteiger partial charge in [-0.15, -0.1) is 11.3 Å². The van der Waals surface area contributed by atoms with E-state index in [1.165, 1.54) is 11.3 Å². The molecular formula is C102H96Cl3N23O11S. The molecule has 38 heteroatoms. The first-order chi connectivity index (χ1) is 67.5. The minimum atomic E-state index is -0.494. The highest BCUT2D eigenvalue weighted by Gasteiger charge is 2.31. The number of aliphatic hydroxyl groups excluding tert-OH is 1. The second kappa shape index (κ2) is 43.7. The van der Waals surface area contributed by atoms with Crippen LogP contribution in [0.25, 0.3) is 87.5 Å². The molecule has 0 bridgehead atoms. The molecule has 712 valence electrons. The van der Waals surface area contributed by atoms with E-state index in [0.29, 0.717) is 177 Å². The molecule has 6 N–H and O–H groups in total. The number of aromatic nitrogens is 17. The van der Waals surface area contributed by atoms with Crippen LogP contribution < -0.4 is 48.8 Å². The lowest BCUT2D eigenvalue weighted by Crippen LogP contribution is -2.35. The number of hydrogen-bond acceptors (Lipinski definition) is 23. The number of aryl methyl sites for hydroxylation is 5. The number of aliphatic hydroxyl groups is 1. The van der Waals surface area contributed by atoms with Crippen molar-refractivity contribution in [1.82, 2.24) is 113 Å². The van der Waals surface area contributed by atoms with Gasteiger partial charge in [0.1, 0.15) is 22.3 Å². The van der Waals surface area contributed by atoms with E-state index < -0.39 is 24.2 Å². The van der Waals surface area contributed by atoms with Gasteiger partial charge in [0.25, 0.3) is 45.9 Å². The molecule has 0 saturated carbocycles. The van der Waals surface area contributed by atoms with E-state index in [1.807, 2.05) is 187 Å². The summed E-state index contributed by atoms with van der Waals surface area (Å²) in [6, 6.07) is 53.6. The number of carbonyl (C=O) groups excluding carboxylic acids is 6. The maximum absolute atomic E-state index is 14.2. The molecule has 140 heavy (non-hydrogen) atoms. The maximum atomic E-state index is 14.2. The first-order valence-electron chi connectivity index (χ1n) is 44.6. The molecule has 0 aliphatic carbocycles. The molecule has 0 spiro atoms. The van der Waals surface area contributed by atoms with Crippen LogP contribution in [-0.2, 0) is 22.7 Å². The largest absolute Gasteiger partial charge is 0.395 e. The third-order valence-electron chi connectivity index (χ3n) is 23.6. The standard InChI is InChI=1S/C29H24N6O2S.C26H22ClN5O2.C23H25ClN6O3.C23H25ClN6O2.CO2/c1-17(32-28(36)24-18(2)33-34-14-8-13-30-27(24)34)23-15-20-9-7-12-22(26-19(3)31-16-38-26)25(20)29(37)35(23)21-10-5-4-6-11-21;1-3-20(29-25(33)22-16(2)30-31-14-8-13-28-24(22)31)21-15-17-9-7-12-19(27)23(17)26(34)32(21)18-10-5-4-6-11-18;1-14(27-22(32)19-15(2)28-30-10-4-7-26-21(19)30)18-13-16-5-3-6-17(24)20(16)23(33)29(18)11-8-25-9-12-31;1-14(26-22(31)19-15(2)27-30-10-6-9-25-21(19)30)18-13-16-7-5-8-17(24)20(16)23(32)29(18)12-11-28(3)4;2-1-3/h4-17H,1-3H3,(H,32,36);4-15,20H,3H2,1-2H3,(H,29,33);3-7,10,13-14,25,31H,8-9,11-12H2,1-2H3,(H,27,32);5-10,13-14H,11-12H2,1-4H3,(H,26,31);/t17-;20-;2*14-;/m0000./s1. The Balaban J connectivity index is 0.000000140. The molecular weight excluding hydrogens is 1860 g/mol. The van der Waals surface area contributed by atoms with Crippen LogP contribution in [0.3, 0.4) is 0 Å². The van der Waals surface area contributed by atoms with Gasteiger partial charge in [-0.2, -0.15) is 30.0 Å². The number of halogens is 3. The first kappa shape index (κ1) is 98.8. The summed E-state index contributed by atoms with van der Waals surface area (Å²) in [5, 5.41) is 48.0. The number of rotatable bonds is 24. The van der Waals surface area contributed by atoms with Gasteiger partial charge in [-0.3, -0.25) is 47.5 Å². The minimum Gasteiger partial charge on any atom is -0.395 e. The average molecular weight is 1960 g/mol. The monoisotopic (exact) mass is 1960 g/mol. The van der Waals surface area contributed by atoms with Gasteiger partial charge < -0.3 is 45.7 Å². The van der Waals surface area contributed by atoms with Crippen LogP contribution in [0.1, 0.15) is 151 Å². The first-order valence-corrected chi connectivity index (χ1v) is 46.6. The molecule has 4 amide bonds. The van der Waals surface area contributed by atoms with E-state index in [1.54, 1.807) is 168 Å². The Bertz CT molecular complexity index is 8230. The SMILES string of the molecule is CC[C@H](NC(=O)c1c(C)nn2cccnc12)c1cc2cccc(Cl)c2c(=O)n1-c1ccccc1.Cc1ncsc1-c1cccc2cc([C@H](C)NC(=O)c3c(C)nn4cccnc34)n(-c3ccccc3)c(=O)c12.Cc1nn2cccnc2c1C(=O)N[C@@H](C)c1cc2cccc(Cl)c2c(=O)n1CCN(C)C.Cc1nn2cccnc2c1C(=O)N[C@@H](C)c1cc2cccc(Cl)c2c(=O)n1CCNCCO.O=C=O. The molecule has 0 saturated heterocycles. The molecule has 19 aromatic rings. The number of fused-ring (bicyclic) bond motifs is 8. The molecule has 13 heterocycles. The molecule has 0 fully saturated rings. The fourth-order valence-corrected chi connectivity index (χ4v) is 18.7. The van der Waals surface area contributed by atoms with Gasteiger partial charge in [-0.1, -0.05) is 133 Å². The number of pyridine rings is 4. The Labute approximate surface area is 818 Å². The summed E-state index contributed by atoms with van der Waals surface area (Å²) in [5.74, 6) is -1.21. The zero-order chi connectivity index (χ0) is 99.4. The molecule has 4 atom stereocenters. The van der Waals surface area contributed by atoms with Crippen LogP contribution >= 0.6 is 46.1 Å². The zero-order valence-corrected chi connectivity index (χ0v) is 81.0. The molecule has 13 aromatic heterocycles. The topological polar surface area (TPSA) is 408 Å². The Morgan fingerprint density at radius 2 is 0.771 bits per heavy atom. The molecule has 0 unspecified atom stereocenters. The lowest BCUT2D eigenvalue weighted by molar-refractivity contribution is -0.191. The van der Waals surface area contributed by atoms with Crippen molar-refractivity contribution >= 4 is 142 Å². The van der Waals surface area contributed by atoms with Crippen LogP contribution in [-0.4, -0.2) is 162 Å². The fourth-order valence-electron chi connectivity index (χ4n) is 17.1. The maximum Gasteiger partial charge on any atom is 0.373 e. The van der Waals surface area contributed by atoms with E-state index in [0.717, 1.165) is 38.0 Å². The average Bonchev–Trinajstić information content (AvgIpc) is 1.53. The second-order valence-electron chi connectivity index (χ2n) is 33.1. The Hall–Kier alpha value is -15.7. The van der Waals surface area contributed by atoms with Gasteiger partial charge in [-0.05, 0) is 188 Å². The summed E-state index contributed by atoms with van der Waals surface area (Å²) in [6.07, 6.45) is 14.3. The van der Waals surface area contributed by atoms with Crippen molar-refractivity contribution in [1.29, 1.82) is 0 Å². The van der Waals surface area contributed by atoms with Crippen molar-refractivity contribution in [2.24, 2.45) is 0 Å². The van der Waals surface area contributed by atoms with E-state index in [9.17, 15) is 38.4 Å². The van der Waals surface area contributed by atoms with Crippen molar-refractivity contribution in [3.63, 3.8) is 0 Å². The smallest absolute Gasteiger partial charge is 0.373 e. The highest BCUT2D eigenvalue weighted by atomic mass is 35.5. The molecule has 6 aromatic carbocycles. The third kappa shape index (κ3) is 20.6. The molecule has 0 aliphatic rings. The highest BCUT2D eigenvalue weighted by Crippen LogP contribution is 2.36. The predicted molar refractivity (Wildman–Crippen MR) is 539 cm³/mol. The zero-order valence-electron chi connectivity index (χ0n) is 77.9. The highest BCUT2D eigenvalue weighted by molar-refractivity contribution is 7.13. The third-order valence-corrected chi connectivity index (χ3v) is 25.5. The van der Waals surface area contributed by atoms with Crippen LogP contribution in [0.15, 0.2) is 256 Å². The lowest BCUT2D eigenvalue weighted by atomic mass is 10.0. The van der Waals surface area contributed by atoms with Crippen LogP contribution in [0.2, 0.25) is 15.1 Å². The summed E-state index contributed by atoms with van der Waals surface area (Å²) in [7, 11) is 3.90. The number of carbonyl (C=O) groups is 4. The Kier molecular flexibility index (Phi) is 30.9. The Morgan fingerprint density at radius 3 is 1.16 bits per heavy atom. The number of likely N-dealkylation sites (N-methyl/N-ethyl adjacent to an activating group) is 1. The number of nitrogens with zero attached hydrogens (tertiary/aromatic N) is 18. The summed E-state index contributed by atoms with van der Waals surface area (Å²) >= 11 is 20.6. The molecule has 19 rings (SSSR count). The van der Waals surface area contributed by atoms with Gasteiger partial charge in [0.05, 0.1) is 106 Å². The molecule has 0 radical (unpaired) electrons. The molecule has 34 nitrogen and oxygen atoms in total. The van der Waals surface area contributed by atoms with E-state index in [4.69, 9.17) is 49.5 Å². The second-order valence-corrected chi connectivity index (χ2v) is 35.1. The van der Waals surface area contributed by atoms with Crippen molar-refractivity contribution in [2.75, 3.05) is 40.3 Å². The van der Waals surface area contributed by atoms with Crippen LogP contribution in [0.4, 0.5) is 0 Å². The van der Waals surface area contributed by atoms with E-state index in [-0.39, 0.29) is 58.6 Å². The number of thiazole rings is 1. The number of hydrogen-bond donors (Lipinski definition) is 6. The van der Waals surface area contributed by atoms with E-state index >= 15 is 0 Å². The number of para-hydroxylation sites is 2. The van der Waals surface area contributed by atoms with Crippen molar-refractivity contribution in [3.05, 3.63) is 367 Å². The number of nitrogens with one attached hydrogen (secondary N) is 5. The van der Waals surface area contributed by atoms with Gasteiger partial charge >= 0.3 is 6.15 Å². The van der Waals surface area contributed by atoms with Crippen molar-refractivity contribution in [3.8, 4) is 21.8 Å². The summed E-state index contributed by atoms with van der Waals surface area (Å²) in [4.78, 5) is 149.